The molecule has 0 aliphatic heterocycles. The zero-order valence-corrected chi connectivity index (χ0v) is 19.0. The lowest BCUT2D eigenvalue weighted by molar-refractivity contribution is 0.0526. The van der Waals surface area contributed by atoms with Gasteiger partial charge >= 0.3 is 5.97 Å². The highest BCUT2D eigenvalue weighted by Crippen LogP contribution is 2.28. The topological polar surface area (TPSA) is 107 Å². The predicted octanol–water partition coefficient (Wildman–Crippen LogP) is 4.56. The van der Waals surface area contributed by atoms with Crippen LogP contribution in [0.3, 0.4) is 0 Å². The standard InChI is InChI=1S/C23H21ClFN7O2/c1-2-34-22(33)16-10-15(12-26-13-16)18-14-28-23(30-17-4-5-20(25)19(24)11-17)31-21(18)27-7-9-32-8-3-6-29-32/h3-6,8,10-14H,2,7,9H2,1H3,(H2,27,28,30,31). The van der Waals surface area contributed by atoms with Gasteiger partial charge in [-0.15, -0.1) is 0 Å². The van der Waals surface area contributed by atoms with Crippen molar-refractivity contribution in [2.45, 2.75) is 13.5 Å². The predicted molar refractivity (Wildman–Crippen MR) is 127 cm³/mol. The molecule has 2 N–H and O–H groups in total. The van der Waals surface area contributed by atoms with E-state index in [2.05, 4.69) is 30.7 Å². The molecular weight excluding hydrogens is 461 g/mol. The van der Waals surface area contributed by atoms with Crippen LogP contribution in [0.5, 0.6) is 0 Å². The Bertz CT molecular complexity index is 1280. The Morgan fingerprint density at radius 1 is 1.24 bits per heavy atom. The number of halogens is 2. The molecule has 0 amide bonds. The number of anilines is 3. The summed E-state index contributed by atoms with van der Waals surface area (Å²) >= 11 is 5.88. The van der Waals surface area contributed by atoms with Gasteiger partial charge in [0, 0.05) is 54.3 Å². The van der Waals surface area contributed by atoms with Crippen LogP contribution in [-0.4, -0.2) is 43.9 Å². The number of ether oxygens (including phenoxy) is 1. The molecule has 11 heteroatoms. The lowest BCUT2D eigenvalue weighted by Crippen LogP contribution is -2.13. The quantitative estimate of drug-likeness (QED) is 0.335. The average molecular weight is 482 g/mol. The van der Waals surface area contributed by atoms with E-state index in [1.807, 2.05) is 12.3 Å². The van der Waals surface area contributed by atoms with Gasteiger partial charge in [-0.3, -0.25) is 9.67 Å². The van der Waals surface area contributed by atoms with Crippen molar-refractivity contribution in [3.63, 3.8) is 0 Å². The maximum atomic E-state index is 13.5. The molecule has 3 aromatic heterocycles. The van der Waals surface area contributed by atoms with Gasteiger partial charge < -0.3 is 15.4 Å². The van der Waals surface area contributed by atoms with E-state index in [-0.39, 0.29) is 17.6 Å². The van der Waals surface area contributed by atoms with Crippen molar-refractivity contribution >= 4 is 35.0 Å². The lowest BCUT2D eigenvalue weighted by atomic mass is 10.1. The molecule has 0 radical (unpaired) electrons. The minimum absolute atomic E-state index is 0.0129. The maximum absolute atomic E-state index is 13.5. The first-order valence-corrected chi connectivity index (χ1v) is 10.8. The Labute approximate surface area is 200 Å². The fraction of sp³-hybridized carbons (Fsp3) is 0.174. The average Bonchev–Trinajstić information content (AvgIpc) is 3.35. The highest BCUT2D eigenvalue weighted by molar-refractivity contribution is 6.31. The Balaban J connectivity index is 1.63. The van der Waals surface area contributed by atoms with Crippen LogP contribution in [0.1, 0.15) is 17.3 Å². The van der Waals surface area contributed by atoms with Crippen molar-refractivity contribution in [1.29, 1.82) is 0 Å². The number of hydrogen-bond acceptors (Lipinski definition) is 8. The van der Waals surface area contributed by atoms with Gasteiger partial charge in [0.25, 0.3) is 0 Å². The van der Waals surface area contributed by atoms with Gasteiger partial charge in [0.15, 0.2) is 0 Å². The van der Waals surface area contributed by atoms with Gasteiger partial charge in [0.05, 0.1) is 23.7 Å². The highest BCUT2D eigenvalue weighted by Gasteiger charge is 2.14. The Morgan fingerprint density at radius 3 is 2.88 bits per heavy atom. The zero-order valence-electron chi connectivity index (χ0n) is 18.2. The van der Waals surface area contributed by atoms with Crippen LogP contribution in [-0.2, 0) is 11.3 Å². The molecule has 4 aromatic rings. The summed E-state index contributed by atoms with van der Waals surface area (Å²) in [7, 11) is 0. The van der Waals surface area contributed by atoms with Gasteiger partial charge in [-0.25, -0.2) is 14.2 Å². The van der Waals surface area contributed by atoms with Gasteiger partial charge in [-0.05, 0) is 37.3 Å². The van der Waals surface area contributed by atoms with Crippen molar-refractivity contribution < 1.29 is 13.9 Å². The van der Waals surface area contributed by atoms with Gasteiger partial charge in [-0.2, -0.15) is 10.1 Å². The fourth-order valence-corrected chi connectivity index (χ4v) is 3.31. The Hall–Kier alpha value is -4.05. The van der Waals surface area contributed by atoms with E-state index >= 15 is 0 Å². The third kappa shape index (κ3) is 5.65. The molecule has 0 fully saturated rings. The lowest BCUT2D eigenvalue weighted by Gasteiger charge is -2.14. The second-order valence-electron chi connectivity index (χ2n) is 7.09. The van der Waals surface area contributed by atoms with E-state index in [9.17, 15) is 9.18 Å². The smallest absolute Gasteiger partial charge is 0.339 e. The van der Waals surface area contributed by atoms with Crippen LogP contribution in [0.2, 0.25) is 5.02 Å². The number of carbonyl (C=O) groups excluding carboxylic acids is 1. The fourth-order valence-electron chi connectivity index (χ4n) is 3.13. The van der Waals surface area contributed by atoms with E-state index in [0.29, 0.717) is 41.3 Å². The molecule has 3 heterocycles. The van der Waals surface area contributed by atoms with E-state index in [1.54, 1.807) is 36.3 Å². The molecule has 0 saturated heterocycles. The SMILES string of the molecule is CCOC(=O)c1cncc(-c2cnc(Nc3ccc(F)c(Cl)c3)nc2NCCn2cccn2)c1. The largest absolute Gasteiger partial charge is 0.462 e. The van der Waals surface area contributed by atoms with Crippen molar-refractivity contribution in [2.75, 3.05) is 23.8 Å². The molecule has 0 atom stereocenters. The van der Waals surface area contributed by atoms with E-state index in [1.165, 1.54) is 24.4 Å². The molecule has 0 aliphatic carbocycles. The number of rotatable bonds is 9. The Kier molecular flexibility index (Phi) is 7.28. The number of nitrogens with zero attached hydrogens (tertiary/aromatic N) is 5. The summed E-state index contributed by atoms with van der Waals surface area (Å²) in [5.74, 6) is -0.181. The van der Waals surface area contributed by atoms with E-state index < -0.39 is 11.8 Å². The van der Waals surface area contributed by atoms with Crippen LogP contribution >= 0.6 is 11.6 Å². The number of pyridine rings is 1. The first-order chi connectivity index (χ1) is 16.5. The number of carbonyl (C=O) groups is 1. The number of hydrogen-bond donors (Lipinski definition) is 2. The van der Waals surface area contributed by atoms with Crippen LogP contribution in [0.15, 0.2) is 61.3 Å². The third-order valence-corrected chi connectivity index (χ3v) is 5.01. The molecule has 1 aromatic carbocycles. The summed E-state index contributed by atoms with van der Waals surface area (Å²) in [6.45, 7) is 3.14. The minimum Gasteiger partial charge on any atom is -0.462 e. The molecule has 0 saturated carbocycles. The number of nitrogens with one attached hydrogen (secondary N) is 2. The summed E-state index contributed by atoms with van der Waals surface area (Å²) < 4.78 is 20.4. The second kappa shape index (κ2) is 10.7. The van der Waals surface area contributed by atoms with Gasteiger partial charge in [0.2, 0.25) is 5.95 Å². The highest BCUT2D eigenvalue weighted by atomic mass is 35.5. The third-order valence-electron chi connectivity index (χ3n) is 4.72. The van der Waals surface area contributed by atoms with Crippen molar-refractivity contribution in [3.05, 3.63) is 77.7 Å². The molecule has 9 nitrogen and oxygen atoms in total. The zero-order chi connectivity index (χ0) is 23.9. The maximum Gasteiger partial charge on any atom is 0.339 e. The van der Waals surface area contributed by atoms with E-state index in [4.69, 9.17) is 16.3 Å². The molecular formula is C23H21ClFN7O2. The van der Waals surface area contributed by atoms with Crippen LogP contribution in [0.25, 0.3) is 11.1 Å². The second-order valence-corrected chi connectivity index (χ2v) is 7.50. The van der Waals surface area contributed by atoms with Crippen molar-refractivity contribution in [3.8, 4) is 11.1 Å². The van der Waals surface area contributed by atoms with Crippen LogP contribution < -0.4 is 10.6 Å². The monoisotopic (exact) mass is 481 g/mol. The summed E-state index contributed by atoms with van der Waals surface area (Å²) in [5, 5.41) is 10.5. The number of aromatic nitrogens is 5. The summed E-state index contributed by atoms with van der Waals surface area (Å²) in [5.41, 5.74) is 2.14. The summed E-state index contributed by atoms with van der Waals surface area (Å²) in [6, 6.07) is 7.77. The number of benzene rings is 1. The van der Waals surface area contributed by atoms with Crippen molar-refractivity contribution in [2.24, 2.45) is 0 Å². The number of esters is 1. The van der Waals surface area contributed by atoms with Crippen LogP contribution in [0.4, 0.5) is 21.8 Å². The normalized spacial score (nSPS) is 10.7. The van der Waals surface area contributed by atoms with Crippen LogP contribution in [0, 0.1) is 5.82 Å². The van der Waals surface area contributed by atoms with Gasteiger partial charge in [0.1, 0.15) is 11.6 Å². The van der Waals surface area contributed by atoms with Crippen molar-refractivity contribution in [1.82, 2.24) is 24.7 Å². The molecule has 4 rings (SSSR count). The summed E-state index contributed by atoms with van der Waals surface area (Å²) in [4.78, 5) is 25.3. The molecule has 0 unspecified atom stereocenters. The molecule has 174 valence electrons. The first kappa shape index (κ1) is 23.1. The first-order valence-electron chi connectivity index (χ1n) is 10.5. The molecule has 0 aliphatic rings. The van der Waals surface area contributed by atoms with Gasteiger partial charge in [-0.1, -0.05) is 11.6 Å². The molecule has 0 bridgehead atoms. The Morgan fingerprint density at radius 2 is 2.12 bits per heavy atom. The summed E-state index contributed by atoms with van der Waals surface area (Å²) in [6.07, 6.45) is 8.25. The minimum atomic E-state index is -0.515. The molecule has 34 heavy (non-hydrogen) atoms. The molecule has 0 spiro atoms. The van der Waals surface area contributed by atoms with E-state index in [0.717, 1.165) is 0 Å².